The number of unbranched alkanes of at least 4 members (excludes halogenated alkanes) is 1. The molecule has 7 nitrogen and oxygen atoms in total. The highest BCUT2D eigenvalue weighted by atomic mass is 16.7. The van der Waals surface area contributed by atoms with Crippen LogP contribution in [0, 0.1) is 0 Å². The van der Waals surface area contributed by atoms with E-state index >= 15 is 0 Å². The molecule has 0 aliphatic carbocycles. The minimum absolute atomic E-state index is 0.261. The second-order valence-electron chi connectivity index (χ2n) is 11.2. The van der Waals surface area contributed by atoms with Crippen LogP contribution in [0.2, 0.25) is 0 Å². The van der Waals surface area contributed by atoms with E-state index in [1.807, 2.05) is 31.2 Å². The predicted octanol–water partition coefficient (Wildman–Crippen LogP) is 8.36. The molecule has 0 radical (unpaired) electrons. The summed E-state index contributed by atoms with van der Waals surface area (Å²) in [7, 11) is 1.70. The van der Waals surface area contributed by atoms with Crippen LogP contribution < -0.4 is 18.9 Å². The summed E-state index contributed by atoms with van der Waals surface area (Å²) in [4.78, 5) is 7.83. The Labute approximate surface area is 266 Å². The van der Waals surface area contributed by atoms with Gasteiger partial charge in [-0.1, -0.05) is 61.9 Å². The molecule has 0 saturated heterocycles. The van der Waals surface area contributed by atoms with Gasteiger partial charge in [0.15, 0.2) is 11.5 Å². The first kappa shape index (κ1) is 30.3. The van der Waals surface area contributed by atoms with E-state index in [4.69, 9.17) is 23.9 Å². The topological polar surface area (TPSA) is 58.0 Å². The molecular formula is C38H41N3O4. The van der Waals surface area contributed by atoms with E-state index in [0.717, 1.165) is 83.7 Å². The maximum atomic E-state index is 5.85. The van der Waals surface area contributed by atoms with E-state index in [0.29, 0.717) is 13.2 Å². The number of nitrogens with zero attached hydrogens (tertiary/aromatic N) is 3. The van der Waals surface area contributed by atoms with Gasteiger partial charge >= 0.3 is 0 Å². The number of imidazole rings is 1. The third-order valence-corrected chi connectivity index (χ3v) is 8.04. The van der Waals surface area contributed by atoms with Gasteiger partial charge in [0.25, 0.3) is 0 Å². The van der Waals surface area contributed by atoms with Crippen molar-refractivity contribution in [3.8, 4) is 45.6 Å². The van der Waals surface area contributed by atoms with Crippen LogP contribution in [0.4, 0.5) is 0 Å². The first-order chi connectivity index (χ1) is 22.1. The molecule has 4 aromatic carbocycles. The van der Waals surface area contributed by atoms with Gasteiger partial charge in [-0.3, -0.25) is 4.90 Å². The lowest BCUT2D eigenvalue weighted by atomic mass is 10.1. The van der Waals surface area contributed by atoms with Gasteiger partial charge in [0.1, 0.15) is 17.3 Å². The average molecular weight is 604 g/mol. The number of hydrogen-bond acceptors (Lipinski definition) is 6. The normalized spacial score (nSPS) is 12.1. The number of methoxy groups -OCH3 is 1. The van der Waals surface area contributed by atoms with Crippen molar-refractivity contribution in [2.75, 3.05) is 20.5 Å². The van der Waals surface area contributed by atoms with Crippen molar-refractivity contribution in [1.82, 2.24) is 14.5 Å². The van der Waals surface area contributed by atoms with Crippen molar-refractivity contribution < 1.29 is 18.9 Å². The molecule has 2 heterocycles. The second kappa shape index (κ2) is 14.4. The van der Waals surface area contributed by atoms with Crippen LogP contribution in [0.15, 0.2) is 97.1 Å². The molecule has 0 atom stereocenters. The fraction of sp³-hybridized carbons (Fsp3) is 0.289. The SMILES string of the molecule is CCCCn1c(-c2ccccc2)nc(-c2ccc(OC)cc2)c1CN(Cc1cccc(OCC)c1)Cc1ccc2c(c1)OCO2. The minimum atomic E-state index is 0.261. The van der Waals surface area contributed by atoms with E-state index < -0.39 is 0 Å². The third kappa shape index (κ3) is 7.15. The van der Waals surface area contributed by atoms with Gasteiger partial charge in [-0.25, -0.2) is 4.98 Å². The zero-order valence-electron chi connectivity index (χ0n) is 26.4. The number of hydrogen-bond donors (Lipinski definition) is 0. The quantitative estimate of drug-likeness (QED) is 0.127. The van der Waals surface area contributed by atoms with Gasteiger partial charge in [0.2, 0.25) is 6.79 Å². The minimum Gasteiger partial charge on any atom is -0.497 e. The van der Waals surface area contributed by atoms with Crippen molar-refractivity contribution in [2.24, 2.45) is 0 Å². The summed E-state index contributed by atoms with van der Waals surface area (Å²) < 4.78 is 25.1. The summed E-state index contributed by atoms with van der Waals surface area (Å²) in [6.45, 7) is 8.18. The number of rotatable bonds is 14. The standard InChI is InChI=1S/C38H41N3O4/c1-4-6-21-41-34(37(30-16-18-32(42-3)19-17-30)39-38(41)31-12-8-7-9-13-31)26-40(24-28-11-10-14-33(22-28)43-5-2)25-29-15-20-35-36(23-29)45-27-44-35/h7-20,22-23H,4-6,21,24-27H2,1-3H3. The molecular weight excluding hydrogens is 562 g/mol. The van der Waals surface area contributed by atoms with Gasteiger partial charge in [0.05, 0.1) is 25.1 Å². The van der Waals surface area contributed by atoms with E-state index in [-0.39, 0.29) is 6.79 Å². The lowest BCUT2D eigenvalue weighted by Gasteiger charge is -2.25. The van der Waals surface area contributed by atoms with E-state index in [9.17, 15) is 0 Å². The van der Waals surface area contributed by atoms with Gasteiger partial charge in [-0.2, -0.15) is 0 Å². The monoisotopic (exact) mass is 603 g/mol. The first-order valence-corrected chi connectivity index (χ1v) is 15.8. The van der Waals surface area contributed by atoms with Crippen LogP contribution in [0.25, 0.3) is 22.6 Å². The molecule has 232 valence electrons. The summed E-state index contributed by atoms with van der Waals surface area (Å²) >= 11 is 0. The number of aromatic nitrogens is 2. The predicted molar refractivity (Wildman–Crippen MR) is 178 cm³/mol. The largest absolute Gasteiger partial charge is 0.497 e. The molecule has 1 aliphatic heterocycles. The molecule has 0 fully saturated rings. The Balaban J connectivity index is 1.44. The summed E-state index contributed by atoms with van der Waals surface area (Å²) in [5.74, 6) is 4.29. The van der Waals surface area contributed by atoms with Gasteiger partial charge in [-0.15, -0.1) is 0 Å². The Bertz CT molecular complexity index is 1700. The highest BCUT2D eigenvalue weighted by molar-refractivity contribution is 5.69. The third-order valence-electron chi connectivity index (χ3n) is 8.04. The maximum absolute atomic E-state index is 5.85. The van der Waals surface area contributed by atoms with E-state index in [1.165, 1.54) is 11.3 Å². The summed E-state index contributed by atoms with van der Waals surface area (Å²) in [5.41, 5.74) is 6.71. The zero-order valence-corrected chi connectivity index (χ0v) is 26.4. The molecule has 7 heteroatoms. The smallest absolute Gasteiger partial charge is 0.231 e. The van der Waals surface area contributed by atoms with Gasteiger partial charge in [0, 0.05) is 37.3 Å². The van der Waals surface area contributed by atoms with Crippen molar-refractivity contribution >= 4 is 0 Å². The fourth-order valence-electron chi connectivity index (χ4n) is 5.83. The summed E-state index contributed by atoms with van der Waals surface area (Å²) in [5, 5.41) is 0. The van der Waals surface area contributed by atoms with Gasteiger partial charge in [-0.05, 0) is 73.0 Å². The van der Waals surface area contributed by atoms with Crippen molar-refractivity contribution in [3.63, 3.8) is 0 Å². The van der Waals surface area contributed by atoms with Crippen LogP contribution in [-0.2, 0) is 26.2 Å². The second-order valence-corrected chi connectivity index (χ2v) is 11.2. The number of benzene rings is 4. The van der Waals surface area contributed by atoms with Gasteiger partial charge < -0.3 is 23.5 Å². The van der Waals surface area contributed by atoms with E-state index in [1.54, 1.807) is 7.11 Å². The van der Waals surface area contributed by atoms with E-state index in [2.05, 4.69) is 89.2 Å². The van der Waals surface area contributed by atoms with Crippen molar-refractivity contribution in [3.05, 3.63) is 114 Å². The molecule has 0 amide bonds. The fourth-order valence-corrected chi connectivity index (χ4v) is 5.83. The maximum Gasteiger partial charge on any atom is 0.231 e. The number of ether oxygens (including phenoxy) is 4. The first-order valence-electron chi connectivity index (χ1n) is 15.8. The number of fused-ring (bicyclic) bond motifs is 1. The lowest BCUT2D eigenvalue weighted by molar-refractivity contribution is 0.174. The van der Waals surface area contributed by atoms with Crippen LogP contribution in [-0.4, -0.2) is 35.0 Å². The average Bonchev–Trinajstić information content (AvgIpc) is 3.69. The Morgan fingerprint density at radius 2 is 1.53 bits per heavy atom. The molecule has 0 spiro atoms. The molecule has 5 aromatic rings. The Morgan fingerprint density at radius 3 is 2.29 bits per heavy atom. The molecule has 1 aliphatic rings. The van der Waals surface area contributed by atoms with Crippen LogP contribution in [0.3, 0.4) is 0 Å². The molecule has 0 bridgehead atoms. The Hall–Kier alpha value is -4.75. The molecule has 0 unspecified atom stereocenters. The Kier molecular flexibility index (Phi) is 9.66. The lowest BCUT2D eigenvalue weighted by Crippen LogP contribution is -2.24. The molecule has 45 heavy (non-hydrogen) atoms. The highest BCUT2D eigenvalue weighted by Gasteiger charge is 2.23. The summed E-state index contributed by atoms with van der Waals surface area (Å²) in [6.07, 6.45) is 2.15. The van der Waals surface area contributed by atoms with Crippen molar-refractivity contribution in [2.45, 2.75) is 52.9 Å². The molecule has 6 rings (SSSR count). The molecule has 0 saturated carbocycles. The summed E-state index contributed by atoms with van der Waals surface area (Å²) in [6, 6.07) is 33.4. The molecule has 1 aromatic heterocycles. The van der Waals surface area contributed by atoms with Crippen molar-refractivity contribution in [1.29, 1.82) is 0 Å². The zero-order chi connectivity index (χ0) is 31.0. The van der Waals surface area contributed by atoms with Crippen LogP contribution in [0.5, 0.6) is 23.0 Å². The Morgan fingerprint density at radius 1 is 0.756 bits per heavy atom. The van der Waals surface area contributed by atoms with Crippen LogP contribution in [0.1, 0.15) is 43.5 Å². The highest BCUT2D eigenvalue weighted by Crippen LogP contribution is 2.35. The van der Waals surface area contributed by atoms with Crippen LogP contribution >= 0.6 is 0 Å². The molecule has 0 N–H and O–H groups in total.